The largest absolute Gasteiger partial charge is 0.452 e. The number of aryl methyl sites for hydroxylation is 2. The maximum absolute atomic E-state index is 12.6. The number of hydrogen-bond donors (Lipinski definition) is 0. The van der Waals surface area contributed by atoms with Crippen LogP contribution in [0.2, 0.25) is 0 Å². The van der Waals surface area contributed by atoms with Crippen LogP contribution in [0.5, 0.6) is 0 Å². The zero-order chi connectivity index (χ0) is 19.6. The number of benzene rings is 1. The zero-order valence-electron chi connectivity index (χ0n) is 15.8. The lowest BCUT2D eigenvalue weighted by molar-refractivity contribution is -0.140. The Kier molecular flexibility index (Phi) is 5.39. The Bertz CT molecular complexity index is 901. The average molecular weight is 369 g/mol. The van der Waals surface area contributed by atoms with Crippen molar-refractivity contribution in [2.45, 2.75) is 20.8 Å². The van der Waals surface area contributed by atoms with E-state index in [0.717, 1.165) is 16.5 Å². The van der Waals surface area contributed by atoms with Crippen LogP contribution in [0.3, 0.4) is 0 Å². The maximum Gasteiger partial charge on any atom is 0.340 e. The molecule has 2 heterocycles. The Balaban J connectivity index is 1.65. The van der Waals surface area contributed by atoms with Gasteiger partial charge in [0.15, 0.2) is 6.61 Å². The van der Waals surface area contributed by atoms with E-state index in [1.54, 1.807) is 16.7 Å². The highest BCUT2D eigenvalue weighted by Gasteiger charge is 2.24. The second-order valence-electron chi connectivity index (χ2n) is 6.68. The van der Waals surface area contributed by atoms with Crippen molar-refractivity contribution in [1.82, 2.24) is 14.8 Å². The second-order valence-corrected chi connectivity index (χ2v) is 6.68. The van der Waals surface area contributed by atoms with Crippen LogP contribution in [0, 0.1) is 13.8 Å². The zero-order valence-corrected chi connectivity index (χ0v) is 15.8. The summed E-state index contributed by atoms with van der Waals surface area (Å²) in [7, 11) is 0. The number of ether oxygens (including phenoxy) is 1. The number of piperazine rings is 1. The number of esters is 1. The third kappa shape index (κ3) is 3.92. The van der Waals surface area contributed by atoms with E-state index in [2.05, 4.69) is 4.98 Å². The van der Waals surface area contributed by atoms with Crippen LogP contribution in [-0.2, 0) is 14.3 Å². The van der Waals surface area contributed by atoms with Crippen LogP contribution in [0.15, 0.2) is 24.3 Å². The number of nitrogens with zero attached hydrogens (tertiary/aromatic N) is 3. The number of aromatic nitrogens is 1. The fourth-order valence-electron chi connectivity index (χ4n) is 3.39. The highest BCUT2D eigenvalue weighted by molar-refractivity contribution is 5.99. The predicted molar refractivity (Wildman–Crippen MR) is 100 cm³/mol. The van der Waals surface area contributed by atoms with E-state index in [-0.39, 0.29) is 18.4 Å². The van der Waals surface area contributed by atoms with Crippen molar-refractivity contribution in [3.8, 4) is 0 Å². The van der Waals surface area contributed by atoms with Gasteiger partial charge in [-0.15, -0.1) is 0 Å². The molecule has 0 radical (unpaired) electrons. The minimum Gasteiger partial charge on any atom is -0.452 e. The Labute approximate surface area is 157 Å². The van der Waals surface area contributed by atoms with Crippen molar-refractivity contribution in [3.63, 3.8) is 0 Å². The molecular formula is C20H23N3O4. The van der Waals surface area contributed by atoms with E-state index in [9.17, 15) is 14.4 Å². The number of para-hydroxylation sites is 1. The SMILES string of the molecule is CC(=O)N1CCN(C(=O)COC(=O)c2c(C)nc3ccccc3c2C)CC1. The van der Waals surface area contributed by atoms with E-state index in [1.807, 2.05) is 31.2 Å². The lowest BCUT2D eigenvalue weighted by Crippen LogP contribution is -2.51. The van der Waals surface area contributed by atoms with Gasteiger partial charge in [-0.3, -0.25) is 14.6 Å². The van der Waals surface area contributed by atoms with E-state index in [0.29, 0.717) is 37.4 Å². The van der Waals surface area contributed by atoms with Crippen LogP contribution >= 0.6 is 0 Å². The Morgan fingerprint density at radius 3 is 2.33 bits per heavy atom. The first-order chi connectivity index (χ1) is 12.9. The summed E-state index contributed by atoms with van der Waals surface area (Å²) in [5.41, 5.74) is 2.61. The summed E-state index contributed by atoms with van der Waals surface area (Å²) in [6, 6.07) is 7.60. The van der Waals surface area contributed by atoms with Crippen molar-refractivity contribution < 1.29 is 19.1 Å². The molecule has 1 fully saturated rings. The number of hydrogen-bond acceptors (Lipinski definition) is 5. The van der Waals surface area contributed by atoms with Gasteiger partial charge >= 0.3 is 5.97 Å². The molecule has 0 unspecified atom stereocenters. The van der Waals surface area contributed by atoms with Crippen molar-refractivity contribution in [3.05, 3.63) is 41.1 Å². The van der Waals surface area contributed by atoms with Gasteiger partial charge in [-0.1, -0.05) is 18.2 Å². The molecule has 0 atom stereocenters. The Morgan fingerprint density at radius 1 is 1.04 bits per heavy atom. The smallest absolute Gasteiger partial charge is 0.340 e. The standard InChI is InChI=1S/C20H23N3O4/c1-13-16-6-4-5-7-17(16)21-14(2)19(13)20(26)27-12-18(25)23-10-8-22(9-11-23)15(3)24/h4-7H,8-12H2,1-3H3. The highest BCUT2D eigenvalue weighted by Crippen LogP contribution is 2.23. The summed E-state index contributed by atoms with van der Waals surface area (Å²) in [5.74, 6) is -0.794. The minimum atomic E-state index is -0.543. The summed E-state index contributed by atoms with van der Waals surface area (Å²) < 4.78 is 5.28. The maximum atomic E-state index is 12.6. The van der Waals surface area contributed by atoms with Gasteiger partial charge in [-0.05, 0) is 25.5 Å². The van der Waals surface area contributed by atoms with Gasteiger partial charge in [0.2, 0.25) is 5.91 Å². The topological polar surface area (TPSA) is 79.8 Å². The lowest BCUT2D eigenvalue weighted by atomic mass is 10.0. The Hall–Kier alpha value is -2.96. The molecule has 0 spiro atoms. The van der Waals surface area contributed by atoms with Gasteiger partial charge in [0.25, 0.3) is 5.91 Å². The Morgan fingerprint density at radius 2 is 1.67 bits per heavy atom. The molecule has 2 aromatic rings. The van der Waals surface area contributed by atoms with Crippen LogP contribution in [-0.4, -0.2) is 65.4 Å². The van der Waals surface area contributed by atoms with Crippen LogP contribution in [0.1, 0.15) is 28.5 Å². The van der Waals surface area contributed by atoms with E-state index in [4.69, 9.17) is 4.74 Å². The molecule has 1 saturated heterocycles. The van der Waals surface area contributed by atoms with E-state index >= 15 is 0 Å². The number of carbonyl (C=O) groups is 3. The number of fused-ring (bicyclic) bond motifs is 1. The van der Waals surface area contributed by atoms with Gasteiger partial charge in [-0.2, -0.15) is 0 Å². The van der Waals surface area contributed by atoms with Crippen LogP contribution in [0.4, 0.5) is 0 Å². The molecule has 0 N–H and O–H groups in total. The van der Waals surface area contributed by atoms with E-state index < -0.39 is 5.97 Å². The van der Waals surface area contributed by atoms with Gasteiger partial charge in [0.1, 0.15) is 0 Å². The van der Waals surface area contributed by atoms with Gasteiger partial charge < -0.3 is 14.5 Å². The monoisotopic (exact) mass is 369 g/mol. The van der Waals surface area contributed by atoms with Gasteiger partial charge in [0, 0.05) is 38.5 Å². The molecule has 2 amide bonds. The molecule has 1 aliphatic rings. The fraction of sp³-hybridized carbons (Fsp3) is 0.400. The molecule has 0 saturated carbocycles. The summed E-state index contributed by atoms with van der Waals surface area (Å²) in [6.45, 7) is 6.72. The highest BCUT2D eigenvalue weighted by atomic mass is 16.5. The van der Waals surface area contributed by atoms with Crippen molar-refractivity contribution in [2.24, 2.45) is 0 Å². The van der Waals surface area contributed by atoms with Gasteiger partial charge in [-0.25, -0.2) is 4.79 Å². The van der Waals surface area contributed by atoms with Crippen molar-refractivity contribution in [2.75, 3.05) is 32.8 Å². The third-order valence-electron chi connectivity index (χ3n) is 4.94. The average Bonchev–Trinajstić information content (AvgIpc) is 2.66. The first-order valence-electron chi connectivity index (χ1n) is 8.95. The quantitative estimate of drug-likeness (QED) is 0.770. The molecule has 142 valence electrons. The van der Waals surface area contributed by atoms with Crippen LogP contribution < -0.4 is 0 Å². The molecule has 1 aromatic carbocycles. The molecule has 0 aliphatic carbocycles. The molecular weight excluding hydrogens is 346 g/mol. The number of pyridine rings is 1. The van der Waals surface area contributed by atoms with Crippen molar-refractivity contribution >= 4 is 28.7 Å². The molecule has 3 rings (SSSR count). The second kappa shape index (κ2) is 7.73. The third-order valence-corrected chi connectivity index (χ3v) is 4.94. The molecule has 0 bridgehead atoms. The van der Waals surface area contributed by atoms with Gasteiger partial charge in [0.05, 0.1) is 16.8 Å². The number of carbonyl (C=O) groups excluding carboxylic acids is 3. The summed E-state index contributed by atoms with van der Waals surface area (Å²) >= 11 is 0. The first kappa shape index (κ1) is 18.8. The van der Waals surface area contributed by atoms with E-state index in [1.165, 1.54) is 6.92 Å². The fourth-order valence-corrected chi connectivity index (χ4v) is 3.39. The normalized spacial score (nSPS) is 14.3. The first-order valence-corrected chi connectivity index (χ1v) is 8.95. The summed E-state index contributed by atoms with van der Waals surface area (Å²) in [6.07, 6.45) is 0. The van der Waals surface area contributed by atoms with Crippen molar-refractivity contribution in [1.29, 1.82) is 0 Å². The number of rotatable bonds is 3. The molecule has 27 heavy (non-hydrogen) atoms. The lowest BCUT2D eigenvalue weighted by Gasteiger charge is -2.34. The summed E-state index contributed by atoms with van der Waals surface area (Å²) in [4.78, 5) is 44.0. The van der Waals surface area contributed by atoms with Crippen LogP contribution in [0.25, 0.3) is 10.9 Å². The number of amides is 2. The predicted octanol–water partition coefficient (Wildman–Crippen LogP) is 1.70. The molecule has 1 aromatic heterocycles. The molecule has 1 aliphatic heterocycles. The molecule has 7 nitrogen and oxygen atoms in total. The molecule has 7 heteroatoms. The summed E-state index contributed by atoms with van der Waals surface area (Å²) in [5, 5.41) is 0.890. The minimum absolute atomic E-state index is 0.00304.